The quantitative estimate of drug-likeness (QED) is 0.925. The molecule has 22 heavy (non-hydrogen) atoms. The Balaban J connectivity index is 1.94. The summed E-state index contributed by atoms with van der Waals surface area (Å²) in [5.41, 5.74) is 11.7. The molecule has 4 nitrogen and oxygen atoms in total. The second kappa shape index (κ2) is 6.05. The Bertz CT molecular complexity index is 673. The van der Waals surface area contributed by atoms with Crippen LogP contribution >= 0.6 is 0 Å². The predicted molar refractivity (Wildman–Crippen MR) is 91.1 cm³/mol. The summed E-state index contributed by atoms with van der Waals surface area (Å²) in [7, 11) is 0. The Morgan fingerprint density at radius 1 is 1.00 bits per heavy atom. The Morgan fingerprint density at radius 3 is 2.41 bits per heavy atom. The van der Waals surface area contributed by atoms with Gasteiger partial charge in [0, 0.05) is 30.4 Å². The van der Waals surface area contributed by atoms with E-state index in [2.05, 4.69) is 48.0 Å². The molecule has 0 saturated carbocycles. The fourth-order valence-corrected chi connectivity index (χ4v) is 2.84. The molecule has 1 aromatic carbocycles. The van der Waals surface area contributed by atoms with Crippen LogP contribution in [0.1, 0.15) is 29.7 Å². The number of piperidine rings is 1. The molecular weight excluding hydrogens is 272 g/mol. The van der Waals surface area contributed by atoms with Crippen molar-refractivity contribution in [3.05, 3.63) is 41.1 Å². The van der Waals surface area contributed by atoms with Gasteiger partial charge in [0.25, 0.3) is 0 Å². The molecule has 2 heterocycles. The maximum absolute atomic E-state index is 5.99. The van der Waals surface area contributed by atoms with Crippen molar-refractivity contribution in [1.29, 1.82) is 0 Å². The van der Waals surface area contributed by atoms with Crippen LogP contribution in [0.15, 0.2) is 24.3 Å². The third-order valence-corrected chi connectivity index (χ3v) is 4.47. The number of aryl methyl sites for hydroxylation is 3. The average Bonchev–Trinajstić information content (AvgIpc) is 2.50. The average molecular weight is 296 g/mol. The summed E-state index contributed by atoms with van der Waals surface area (Å²) in [5, 5.41) is 0. The topological polar surface area (TPSA) is 55.0 Å². The lowest BCUT2D eigenvalue weighted by Gasteiger charge is -2.30. The Hall–Kier alpha value is -1.94. The first-order chi connectivity index (χ1) is 10.5. The van der Waals surface area contributed by atoms with Crippen molar-refractivity contribution >= 4 is 5.95 Å². The first kappa shape index (κ1) is 15.0. The van der Waals surface area contributed by atoms with Crippen molar-refractivity contribution in [1.82, 2.24) is 9.97 Å². The summed E-state index contributed by atoms with van der Waals surface area (Å²) in [6.07, 6.45) is 2.02. The molecular formula is C18H24N4. The highest BCUT2D eigenvalue weighted by Gasteiger charge is 2.19. The van der Waals surface area contributed by atoms with Gasteiger partial charge < -0.3 is 10.6 Å². The van der Waals surface area contributed by atoms with Crippen LogP contribution in [0.3, 0.4) is 0 Å². The first-order valence-electron chi connectivity index (χ1n) is 7.97. The Kier molecular flexibility index (Phi) is 4.12. The number of nitrogens with two attached hydrogens (primary N) is 1. The number of hydrogen-bond donors (Lipinski definition) is 1. The second-order valence-corrected chi connectivity index (χ2v) is 6.32. The van der Waals surface area contributed by atoms with Crippen molar-refractivity contribution < 1.29 is 0 Å². The first-order valence-corrected chi connectivity index (χ1v) is 7.97. The van der Waals surface area contributed by atoms with E-state index in [0.717, 1.165) is 48.8 Å². The summed E-state index contributed by atoms with van der Waals surface area (Å²) in [6, 6.07) is 8.87. The zero-order chi connectivity index (χ0) is 15.7. The van der Waals surface area contributed by atoms with Gasteiger partial charge in [0.15, 0.2) is 0 Å². The number of rotatable bonds is 2. The molecule has 1 saturated heterocycles. The molecule has 0 bridgehead atoms. The highest BCUT2D eigenvalue weighted by atomic mass is 15.3. The summed E-state index contributed by atoms with van der Waals surface area (Å²) < 4.78 is 0. The second-order valence-electron chi connectivity index (χ2n) is 6.32. The van der Waals surface area contributed by atoms with Gasteiger partial charge in [-0.1, -0.05) is 12.1 Å². The highest BCUT2D eigenvalue weighted by molar-refractivity contribution is 5.62. The minimum absolute atomic E-state index is 0.320. The van der Waals surface area contributed by atoms with Gasteiger partial charge in [-0.25, -0.2) is 9.97 Å². The number of hydrogen-bond acceptors (Lipinski definition) is 4. The van der Waals surface area contributed by atoms with Crippen LogP contribution in [-0.4, -0.2) is 29.1 Å². The molecule has 1 fully saturated rings. The third-order valence-electron chi connectivity index (χ3n) is 4.47. The molecule has 1 aromatic heterocycles. The molecule has 116 valence electrons. The zero-order valence-electron chi connectivity index (χ0n) is 13.6. The van der Waals surface area contributed by atoms with E-state index in [1.165, 1.54) is 11.1 Å². The van der Waals surface area contributed by atoms with Crippen LogP contribution in [0.4, 0.5) is 5.95 Å². The molecule has 2 aromatic rings. The van der Waals surface area contributed by atoms with E-state index in [-0.39, 0.29) is 0 Å². The predicted octanol–water partition coefficient (Wildman–Crippen LogP) is 3.00. The Labute approximate surface area is 132 Å². The van der Waals surface area contributed by atoms with Crippen molar-refractivity contribution in [2.24, 2.45) is 5.73 Å². The maximum atomic E-state index is 5.99. The van der Waals surface area contributed by atoms with Crippen LogP contribution in [0.2, 0.25) is 0 Å². The minimum Gasteiger partial charge on any atom is -0.341 e. The van der Waals surface area contributed by atoms with Gasteiger partial charge >= 0.3 is 0 Å². The lowest BCUT2D eigenvalue weighted by Crippen LogP contribution is -2.40. The summed E-state index contributed by atoms with van der Waals surface area (Å²) in [6.45, 7) is 8.19. The van der Waals surface area contributed by atoms with E-state index in [1.54, 1.807) is 0 Å². The minimum atomic E-state index is 0.320. The van der Waals surface area contributed by atoms with Crippen LogP contribution in [0.25, 0.3) is 11.3 Å². The van der Waals surface area contributed by atoms with Crippen molar-refractivity contribution in [2.75, 3.05) is 18.0 Å². The third kappa shape index (κ3) is 3.12. The number of aromatic nitrogens is 2. The summed E-state index contributed by atoms with van der Waals surface area (Å²) in [4.78, 5) is 11.7. The summed E-state index contributed by atoms with van der Waals surface area (Å²) in [5.74, 6) is 0.833. The largest absolute Gasteiger partial charge is 0.341 e. The molecule has 0 aliphatic carbocycles. The molecule has 1 aliphatic rings. The van der Waals surface area contributed by atoms with E-state index in [9.17, 15) is 0 Å². The monoisotopic (exact) mass is 296 g/mol. The van der Waals surface area contributed by atoms with Crippen LogP contribution in [0, 0.1) is 20.8 Å². The molecule has 4 heteroatoms. The number of benzene rings is 1. The SMILES string of the molecule is Cc1cc(-c2ccc(C)c(C)c2)nc(N2CCC(N)CC2)n1. The van der Waals surface area contributed by atoms with Crippen LogP contribution < -0.4 is 10.6 Å². The van der Waals surface area contributed by atoms with Gasteiger partial charge in [-0.2, -0.15) is 0 Å². The molecule has 0 unspecified atom stereocenters. The lowest BCUT2D eigenvalue weighted by molar-refractivity contribution is 0.495. The summed E-state index contributed by atoms with van der Waals surface area (Å²) >= 11 is 0. The van der Waals surface area contributed by atoms with E-state index >= 15 is 0 Å². The molecule has 0 spiro atoms. The molecule has 2 N–H and O–H groups in total. The van der Waals surface area contributed by atoms with Crippen molar-refractivity contribution in [3.8, 4) is 11.3 Å². The molecule has 1 aliphatic heterocycles. The van der Waals surface area contributed by atoms with Gasteiger partial charge in [-0.15, -0.1) is 0 Å². The van der Waals surface area contributed by atoms with Gasteiger partial charge in [-0.05, 0) is 56.9 Å². The van der Waals surface area contributed by atoms with Crippen molar-refractivity contribution in [3.63, 3.8) is 0 Å². The van der Waals surface area contributed by atoms with Gasteiger partial charge in [0.05, 0.1) is 5.69 Å². The molecule has 0 amide bonds. The fraction of sp³-hybridized carbons (Fsp3) is 0.444. The van der Waals surface area contributed by atoms with Crippen LogP contribution in [0.5, 0.6) is 0 Å². The smallest absolute Gasteiger partial charge is 0.226 e. The molecule has 0 atom stereocenters. The van der Waals surface area contributed by atoms with Crippen LogP contribution in [-0.2, 0) is 0 Å². The van der Waals surface area contributed by atoms with E-state index < -0.39 is 0 Å². The van der Waals surface area contributed by atoms with E-state index in [1.807, 2.05) is 6.92 Å². The molecule has 0 radical (unpaired) electrons. The van der Waals surface area contributed by atoms with Gasteiger partial charge in [-0.3, -0.25) is 0 Å². The standard InChI is InChI=1S/C18H24N4/c1-12-4-5-15(10-13(12)2)17-11-14(3)20-18(21-17)22-8-6-16(19)7-9-22/h4-5,10-11,16H,6-9,19H2,1-3H3. The Morgan fingerprint density at radius 2 is 1.73 bits per heavy atom. The fourth-order valence-electron chi connectivity index (χ4n) is 2.84. The number of anilines is 1. The van der Waals surface area contributed by atoms with Gasteiger partial charge in [0.1, 0.15) is 0 Å². The normalized spacial score (nSPS) is 16.1. The molecule has 3 rings (SSSR count). The van der Waals surface area contributed by atoms with Gasteiger partial charge in [0.2, 0.25) is 5.95 Å². The maximum Gasteiger partial charge on any atom is 0.226 e. The lowest BCUT2D eigenvalue weighted by atomic mass is 10.0. The van der Waals surface area contributed by atoms with E-state index in [4.69, 9.17) is 10.7 Å². The van der Waals surface area contributed by atoms with Crippen molar-refractivity contribution in [2.45, 2.75) is 39.7 Å². The van der Waals surface area contributed by atoms with E-state index in [0.29, 0.717) is 6.04 Å². The number of nitrogens with zero attached hydrogens (tertiary/aromatic N) is 3. The zero-order valence-corrected chi connectivity index (χ0v) is 13.6. The highest BCUT2D eigenvalue weighted by Crippen LogP contribution is 2.24.